The second-order valence-corrected chi connectivity index (χ2v) is 9.26. The van der Waals surface area contributed by atoms with Crippen LogP contribution in [0.4, 0.5) is 0 Å². The number of ether oxygens (including phenoxy) is 1. The highest BCUT2D eigenvalue weighted by Gasteiger charge is 2.22. The van der Waals surface area contributed by atoms with Crippen molar-refractivity contribution >= 4 is 11.2 Å². The van der Waals surface area contributed by atoms with E-state index in [0.29, 0.717) is 12.0 Å². The van der Waals surface area contributed by atoms with E-state index in [4.69, 9.17) is 19.7 Å². The lowest BCUT2D eigenvalue weighted by Gasteiger charge is -2.31. The molecule has 0 aromatic carbocycles. The fraction of sp³-hybridized carbons (Fsp3) is 0.577. The van der Waals surface area contributed by atoms with Gasteiger partial charge in [0, 0.05) is 48.8 Å². The summed E-state index contributed by atoms with van der Waals surface area (Å²) in [6, 6.07) is 4.70. The van der Waals surface area contributed by atoms with Crippen LogP contribution in [-0.4, -0.2) is 57.3 Å². The van der Waals surface area contributed by atoms with Gasteiger partial charge in [0.05, 0.1) is 24.6 Å². The standard InChI is InChI=1S/C26H37N5O/c1-7-20(16-30-11-13-32-14-12-30)31-15-18(5)24-26(31)27-19(6)25(29-24)21-9-10-23(17(3)4)28-22(21)8-2/h9-10,15,17,20H,7-8,11-14,16H2,1-6H3. The van der Waals surface area contributed by atoms with Crippen LogP contribution in [0.15, 0.2) is 18.3 Å². The lowest BCUT2D eigenvalue weighted by atomic mass is 10.0. The summed E-state index contributed by atoms with van der Waals surface area (Å²) in [7, 11) is 0. The molecule has 1 atom stereocenters. The smallest absolute Gasteiger partial charge is 0.159 e. The Morgan fingerprint density at radius 3 is 2.44 bits per heavy atom. The molecule has 1 saturated heterocycles. The topological polar surface area (TPSA) is 56.1 Å². The van der Waals surface area contributed by atoms with E-state index in [-0.39, 0.29) is 0 Å². The largest absolute Gasteiger partial charge is 0.379 e. The SMILES string of the molecule is CCc1nc(C(C)C)ccc1-c1nc2c(C)cn(C(CC)CN3CCOCC3)c2nc1C. The van der Waals surface area contributed by atoms with Crippen molar-refractivity contribution in [1.29, 1.82) is 0 Å². The molecule has 0 aliphatic carbocycles. The summed E-state index contributed by atoms with van der Waals surface area (Å²) >= 11 is 0. The molecule has 0 N–H and O–H groups in total. The van der Waals surface area contributed by atoms with Crippen molar-refractivity contribution in [2.75, 3.05) is 32.8 Å². The predicted octanol–water partition coefficient (Wildman–Crippen LogP) is 5.08. The molecule has 6 heteroatoms. The van der Waals surface area contributed by atoms with E-state index in [9.17, 15) is 0 Å². The molecule has 1 unspecified atom stereocenters. The van der Waals surface area contributed by atoms with E-state index in [2.05, 4.69) is 69.3 Å². The third-order valence-electron chi connectivity index (χ3n) is 6.62. The van der Waals surface area contributed by atoms with Gasteiger partial charge in [-0.05, 0) is 50.3 Å². The van der Waals surface area contributed by atoms with Crippen LogP contribution in [0.3, 0.4) is 0 Å². The van der Waals surface area contributed by atoms with Gasteiger partial charge in [-0.2, -0.15) is 0 Å². The molecule has 0 amide bonds. The molecule has 1 aliphatic rings. The van der Waals surface area contributed by atoms with E-state index in [1.54, 1.807) is 0 Å². The molecule has 172 valence electrons. The van der Waals surface area contributed by atoms with Crippen molar-refractivity contribution in [3.63, 3.8) is 0 Å². The third kappa shape index (κ3) is 4.44. The minimum atomic E-state index is 0.377. The molecule has 32 heavy (non-hydrogen) atoms. The Hall–Kier alpha value is -2.31. The highest BCUT2D eigenvalue weighted by molar-refractivity contribution is 5.80. The molecule has 3 aromatic heterocycles. The molecule has 6 nitrogen and oxygen atoms in total. The molecule has 1 aliphatic heterocycles. The van der Waals surface area contributed by atoms with Crippen molar-refractivity contribution < 1.29 is 4.74 Å². The number of nitrogens with zero attached hydrogens (tertiary/aromatic N) is 5. The number of hydrogen-bond donors (Lipinski definition) is 0. The number of aromatic nitrogens is 4. The van der Waals surface area contributed by atoms with Gasteiger partial charge in [0.2, 0.25) is 0 Å². The van der Waals surface area contributed by atoms with Crippen LogP contribution >= 0.6 is 0 Å². The highest BCUT2D eigenvalue weighted by atomic mass is 16.5. The number of rotatable bonds is 7. The number of aryl methyl sites for hydroxylation is 3. The molecule has 4 rings (SSSR count). The van der Waals surface area contributed by atoms with Gasteiger partial charge in [0.25, 0.3) is 0 Å². The fourth-order valence-corrected chi connectivity index (χ4v) is 4.64. The Balaban J connectivity index is 1.74. The minimum absolute atomic E-state index is 0.377. The molecular weight excluding hydrogens is 398 g/mol. The van der Waals surface area contributed by atoms with E-state index in [1.165, 1.54) is 5.56 Å². The maximum Gasteiger partial charge on any atom is 0.159 e. The molecule has 3 aromatic rings. The molecule has 0 spiro atoms. The Bertz CT molecular complexity index is 1080. The van der Waals surface area contributed by atoms with Crippen molar-refractivity contribution in [3.05, 3.63) is 41.0 Å². The maximum absolute atomic E-state index is 5.53. The first-order chi connectivity index (χ1) is 15.4. The van der Waals surface area contributed by atoms with Gasteiger partial charge in [-0.1, -0.05) is 27.7 Å². The summed E-state index contributed by atoms with van der Waals surface area (Å²) in [4.78, 5) is 17.7. The Morgan fingerprint density at radius 1 is 1.03 bits per heavy atom. The van der Waals surface area contributed by atoms with Gasteiger partial charge in [-0.25, -0.2) is 9.97 Å². The molecular formula is C26H37N5O. The normalized spacial score (nSPS) is 16.2. The number of morpholine rings is 1. The number of hydrogen-bond acceptors (Lipinski definition) is 5. The van der Waals surface area contributed by atoms with Crippen molar-refractivity contribution in [2.24, 2.45) is 0 Å². The van der Waals surface area contributed by atoms with Crippen molar-refractivity contribution in [2.45, 2.75) is 66.3 Å². The maximum atomic E-state index is 5.53. The Morgan fingerprint density at radius 2 is 1.78 bits per heavy atom. The van der Waals surface area contributed by atoms with E-state index >= 15 is 0 Å². The van der Waals surface area contributed by atoms with Gasteiger partial charge < -0.3 is 9.30 Å². The average Bonchev–Trinajstić information content (AvgIpc) is 3.12. The zero-order valence-electron chi connectivity index (χ0n) is 20.5. The van der Waals surface area contributed by atoms with Crippen molar-refractivity contribution in [1.82, 2.24) is 24.4 Å². The van der Waals surface area contributed by atoms with Gasteiger partial charge in [0.1, 0.15) is 5.52 Å². The van der Waals surface area contributed by atoms with Crippen LogP contribution in [0.25, 0.3) is 22.4 Å². The summed E-state index contributed by atoms with van der Waals surface area (Å²) in [6.45, 7) is 17.7. The van der Waals surface area contributed by atoms with Gasteiger partial charge in [-0.3, -0.25) is 9.88 Å². The summed E-state index contributed by atoms with van der Waals surface area (Å²) in [5.74, 6) is 0.415. The van der Waals surface area contributed by atoms with E-state index in [0.717, 1.165) is 85.2 Å². The first-order valence-electron chi connectivity index (χ1n) is 12.1. The molecule has 4 heterocycles. The monoisotopic (exact) mass is 435 g/mol. The van der Waals surface area contributed by atoms with E-state index in [1.807, 2.05) is 0 Å². The summed E-state index contributed by atoms with van der Waals surface area (Å²) in [5.41, 5.74) is 8.44. The van der Waals surface area contributed by atoms with Crippen LogP contribution < -0.4 is 0 Å². The van der Waals surface area contributed by atoms with Crippen LogP contribution in [-0.2, 0) is 11.2 Å². The minimum Gasteiger partial charge on any atom is -0.379 e. The highest BCUT2D eigenvalue weighted by Crippen LogP contribution is 2.31. The summed E-state index contributed by atoms with van der Waals surface area (Å²) < 4.78 is 7.88. The fourth-order valence-electron chi connectivity index (χ4n) is 4.64. The van der Waals surface area contributed by atoms with Gasteiger partial charge in [-0.15, -0.1) is 0 Å². The summed E-state index contributed by atoms with van der Waals surface area (Å²) in [6.07, 6.45) is 4.18. The quantitative estimate of drug-likeness (QED) is 0.518. The van der Waals surface area contributed by atoms with Crippen LogP contribution in [0.1, 0.15) is 68.7 Å². The van der Waals surface area contributed by atoms with Gasteiger partial charge >= 0.3 is 0 Å². The molecule has 0 saturated carbocycles. The predicted molar refractivity (Wildman–Crippen MR) is 130 cm³/mol. The van der Waals surface area contributed by atoms with E-state index < -0.39 is 0 Å². The number of fused-ring (bicyclic) bond motifs is 1. The first kappa shape index (κ1) is 22.9. The zero-order chi connectivity index (χ0) is 22.8. The van der Waals surface area contributed by atoms with Crippen LogP contribution in [0.2, 0.25) is 0 Å². The lowest BCUT2D eigenvalue weighted by Crippen LogP contribution is -2.39. The molecule has 1 fully saturated rings. The van der Waals surface area contributed by atoms with Crippen LogP contribution in [0, 0.1) is 13.8 Å². The first-order valence-corrected chi connectivity index (χ1v) is 12.1. The molecule has 0 bridgehead atoms. The summed E-state index contributed by atoms with van der Waals surface area (Å²) in [5, 5.41) is 0. The molecule has 0 radical (unpaired) electrons. The number of pyridine rings is 1. The van der Waals surface area contributed by atoms with Crippen molar-refractivity contribution in [3.8, 4) is 11.3 Å². The average molecular weight is 436 g/mol. The van der Waals surface area contributed by atoms with Crippen LogP contribution in [0.5, 0.6) is 0 Å². The Kier molecular flexibility index (Phi) is 6.91. The Labute approximate surface area is 192 Å². The third-order valence-corrected chi connectivity index (χ3v) is 6.62. The second kappa shape index (κ2) is 9.67. The van der Waals surface area contributed by atoms with Gasteiger partial charge in [0.15, 0.2) is 5.65 Å². The zero-order valence-corrected chi connectivity index (χ0v) is 20.5. The lowest BCUT2D eigenvalue weighted by molar-refractivity contribution is 0.0314. The second-order valence-electron chi connectivity index (χ2n) is 9.26.